The number of aromatic nitrogens is 2. The summed E-state index contributed by atoms with van der Waals surface area (Å²) in [5.41, 5.74) is 2.28. The molecule has 3 rings (SSSR count). The number of carbonyl (C=O) groups excluding carboxylic acids is 1. The Hall–Kier alpha value is -2.40. The van der Waals surface area contributed by atoms with E-state index in [1.807, 2.05) is 41.1 Å². The Balaban J connectivity index is 1.53. The maximum Gasteiger partial charge on any atom is 0.229 e. The van der Waals surface area contributed by atoms with Crippen LogP contribution in [0.2, 0.25) is 0 Å². The van der Waals surface area contributed by atoms with E-state index in [1.165, 1.54) is 12.0 Å². The highest BCUT2D eigenvalue weighted by atomic mass is 16.1. The highest BCUT2D eigenvalue weighted by molar-refractivity contribution is 5.91. The van der Waals surface area contributed by atoms with Crippen molar-refractivity contribution in [3.8, 4) is 0 Å². The van der Waals surface area contributed by atoms with Gasteiger partial charge in [-0.1, -0.05) is 35.9 Å². The molecule has 150 valence electrons. The van der Waals surface area contributed by atoms with Crippen molar-refractivity contribution in [1.82, 2.24) is 14.7 Å². The number of allylic oxidation sites excluding steroid dienone is 1. The lowest BCUT2D eigenvalue weighted by atomic mass is 10.0. The molecule has 2 aromatic rings. The first-order valence-electron chi connectivity index (χ1n) is 10.3. The van der Waals surface area contributed by atoms with Crippen molar-refractivity contribution < 1.29 is 4.79 Å². The number of nitrogens with zero attached hydrogens (tertiary/aromatic N) is 3. The Morgan fingerprint density at radius 2 is 1.96 bits per heavy atom. The third-order valence-corrected chi connectivity index (χ3v) is 5.60. The van der Waals surface area contributed by atoms with Crippen LogP contribution in [-0.2, 0) is 11.2 Å². The molecule has 2 heterocycles. The van der Waals surface area contributed by atoms with E-state index < -0.39 is 0 Å². The van der Waals surface area contributed by atoms with Gasteiger partial charge in [0, 0.05) is 25.2 Å². The topological polar surface area (TPSA) is 50.2 Å². The normalized spacial score (nSPS) is 16.6. The molecule has 1 unspecified atom stereocenters. The number of piperidine rings is 1. The summed E-state index contributed by atoms with van der Waals surface area (Å²) in [6.45, 7) is 10.6. The molecule has 0 saturated carbocycles. The van der Waals surface area contributed by atoms with Crippen molar-refractivity contribution in [3.63, 3.8) is 0 Å². The molecule has 1 atom stereocenters. The van der Waals surface area contributed by atoms with Gasteiger partial charge in [0.15, 0.2) is 0 Å². The van der Waals surface area contributed by atoms with E-state index in [2.05, 4.69) is 35.7 Å². The number of hydrogen-bond acceptors (Lipinski definition) is 3. The van der Waals surface area contributed by atoms with Crippen molar-refractivity contribution >= 4 is 11.7 Å². The zero-order chi connectivity index (χ0) is 19.9. The van der Waals surface area contributed by atoms with Gasteiger partial charge < -0.3 is 10.2 Å². The van der Waals surface area contributed by atoms with Gasteiger partial charge in [0.1, 0.15) is 5.82 Å². The highest BCUT2D eigenvalue weighted by Gasteiger charge is 2.25. The Bertz CT molecular complexity index is 775. The number of nitrogens with one attached hydrogen (secondary N) is 1. The Morgan fingerprint density at radius 1 is 1.25 bits per heavy atom. The number of rotatable bonds is 8. The fourth-order valence-corrected chi connectivity index (χ4v) is 3.88. The molecule has 28 heavy (non-hydrogen) atoms. The average molecular weight is 381 g/mol. The number of hydrogen-bond donors (Lipinski definition) is 1. The summed E-state index contributed by atoms with van der Waals surface area (Å²) in [5.74, 6) is 0.800. The van der Waals surface area contributed by atoms with Gasteiger partial charge in [0.2, 0.25) is 5.91 Å². The van der Waals surface area contributed by atoms with Crippen LogP contribution in [0, 0.1) is 0 Å². The van der Waals surface area contributed by atoms with E-state index in [4.69, 9.17) is 0 Å². The summed E-state index contributed by atoms with van der Waals surface area (Å²) in [6, 6.07) is 12.6. The first-order chi connectivity index (χ1) is 13.5. The third kappa shape index (κ3) is 5.55. The zero-order valence-electron chi connectivity index (χ0n) is 17.1. The molecule has 5 heteroatoms. The number of benzene rings is 1. The number of anilines is 1. The van der Waals surface area contributed by atoms with Crippen molar-refractivity contribution in [2.24, 2.45) is 0 Å². The van der Waals surface area contributed by atoms with E-state index in [9.17, 15) is 4.79 Å². The molecular weight excluding hydrogens is 348 g/mol. The zero-order valence-corrected chi connectivity index (χ0v) is 17.1. The minimum absolute atomic E-state index is 0.00111. The summed E-state index contributed by atoms with van der Waals surface area (Å²) in [4.78, 5) is 15.0. The molecule has 5 nitrogen and oxygen atoms in total. The lowest BCUT2D eigenvalue weighted by Gasteiger charge is -2.36. The summed E-state index contributed by atoms with van der Waals surface area (Å²) < 4.78 is 2.00. The van der Waals surface area contributed by atoms with E-state index in [0.717, 1.165) is 43.7 Å². The average Bonchev–Trinajstić information content (AvgIpc) is 3.15. The maximum atomic E-state index is 12.4. The summed E-state index contributed by atoms with van der Waals surface area (Å²) in [5, 5.41) is 7.54. The standard InChI is InChI=1S/C23H32N4O/c1-18(2)9-10-19(3)26-15-12-21(13-16-26)27-22(11-14-24-27)25-23(28)17-20-7-5-4-6-8-20/h4-8,11,14,19,21H,1,9-10,12-13,15-17H2,2-3H3,(H,25,28). The quantitative estimate of drug-likeness (QED) is 0.689. The molecular formula is C23H32N4O. The fraction of sp³-hybridized carbons (Fsp3) is 0.478. The van der Waals surface area contributed by atoms with Gasteiger partial charge in [-0.15, -0.1) is 6.58 Å². The van der Waals surface area contributed by atoms with Crippen molar-refractivity contribution in [2.45, 2.75) is 58.0 Å². The minimum atomic E-state index is -0.00111. The summed E-state index contributed by atoms with van der Waals surface area (Å²) >= 11 is 0. The second-order valence-electron chi connectivity index (χ2n) is 7.98. The van der Waals surface area contributed by atoms with E-state index in [-0.39, 0.29) is 5.91 Å². The van der Waals surface area contributed by atoms with Gasteiger partial charge in [0.05, 0.1) is 18.7 Å². The third-order valence-electron chi connectivity index (χ3n) is 5.60. The van der Waals surface area contributed by atoms with Gasteiger partial charge >= 0.3 is 0 Å². The SMILES string of the molecule is C=C(C)CCC(C)N1CCC(n2nccc2NC(=O)Cc2ccccc2)CC1. The molecule has 0 radical (unpaired) electrons. The highest BCUT2D eigenvalue weighted by Crippen LogP contribution is 2.27. The molecule has 1 aliphatic heterocycles. The maximum absolute atomic E-state index is 12.4. The van der Waals surface area contributed by atoms with Crippen molar-refractivity contribution in [3.05, 3.63) is 60.3 Å². The summed E-state index contributed by atoms with van der Waals surface area (Å²) in [6.07, 6.45) is 6.53. The molecule has 0 bridgehead atoms. The fourth-order valence-electron chi connectivity index (χ4n) is 3.88. The van der Waals surface area contributed by atoms with Crippen LogP contribution in [0.1, 0.15) is 51.1 Å². The molecule has 1 saturated heterocycles. The molecule has 1 fully saturated rings. The van der Waals surface area contributed by atoms with Crippen molar-refractivity contribution in [2.75, 3.05) is 18.4 Å². The van der Waals surface area contributed by atoms with Gasteiger partial charge in [-0.3, -0.25) is 4.79 Å². The molecule has 1 N–H and O–H groups in total. The molecule has 1 aromatic carbocycles. The van der Waals surface area contributed by atoms with Crippen LogP contribution in [0.25, 0.3) is 0 Å². The monoisotopic (exact) mass is 380 g/mol. The largest absolute Gasteiger partial charge is 0.311 e. The van der Waals surface area contributed by atoms with Crippen LogP contribution in [-0.4, -0.2) is 39.7 Å². The lowest BCUT2D eigenvalue weighted by Crippen LogP contribution is -2.40. The van der Waals surface area contributed by atoms with E-state index in [0.29, 0.717) is 18.5 Å². The smallest absolute Gasteiger partial charge is 0.229 e. The van der Waals surface area contributed by atoms with Crippen LogP contribution < -0.4 is 5.32 Å². The second kappa shape index (κ2) is 9.69. The molecule has 1 amide bonds. The van der Waals surface area contributed by atoms with Gasteiger partial charge in [-0.25, -0.2) is 4.68 Å². The first-order valence-corrected chi connectivity index (χ1v) is 10.3. The van der Waals surface area contributed by atoms with Gasteiger partial charge in [-0.2, -0.15) is 5.10 Å². The Morgan fingerprint density at radius 3 is 2.64 bits per heavy atom. The van der Waals surface area contributed by atoms with Crippen LogP contribution in [0.5, 0.6) is 0 Å². The predicted molar refractivity (Wildman–Crippen MR) is 114 cm³/mol. The first kappa shape index (κ1) is 20.3. The molecule has 0 spiro atoms. The number of amides is 1. The van der Waals surface area contributed by atoms with Crippen LogP contribution >= 0.6 is 0 Å². The lowest BCUT2D eigenvalue weighted by molar-refractivity contribution is -0.115. The Kier molecular flexibility index (Phi) is 7.04. The van der Waals surface area contributed by atoms with Crippen LogP contribution in [0.15, 0.2) is 54.7 Å². The van der Waals surface area contributed by atoms with Gasteiger partial charge in [0.25, 0.3) is 0 Å². The second-order valence-corrected chi connectivity index (χ2v) is 7.98. The molecule has 1 aliphatic rings. The van der Waals surface area contributed by atoms with Crippen molar-refractivity contribution in [1.29, 1.82) is 0 Å². The number of likely N-dealkylation sites (tertiary alicyclic amines) is 1. The predicted octanol–water partition coefficient (Wildman–Crippen LogP) is 4.45. The molecule has 1 aromatic heterocycles. The Labute approximate surface area is 168 Å². The minimum Gasteiger partial charge on any atom is -0.311 e. The van der Waals surface area contributed by atoms with Gasteiger partial charge in [-0.05, 0) is 45.1 Å². The van der Waals surface area contributed by atoms with E-state index >= 15 is 0 Å². The van der Waals surface area contributed by atoms with Crippen LogP contribution in [0.4, 0.5) is 5.82 Å². The van der Waals surface area contributed by atoms with Crippen LogP contribution in [0.3, 0.4) is 0 Å². The number of carbonyl (C=O) groups is 1. The van der Waals surface area contributed by atoms with E-state index in [1.54, 1.807) is 6.20 Å². The summed E-state index contributed by atoms with van der Waals surface area (Å²) in [7, 11) is 0. The molecule has 0 aliphatic carbocycles.